The molecule has 2 aromatic carbocycles. The van der Waals surface area contributed by atoms with Crippen molar-refractivity contribution in [1.82, 2.24) is 18.9 Å². The van der Waals surface area contributed by atoms with Crippen molar-refractivity contribution < 1.29 is 9.18 Å². The van der Waals surface area contributed by atoms with Crippen molar-refractivity contribution in [1.29, 1.82) is 0 Å². The highest BCUT2D eigenvalue weighted by Gasteiger charge is 2.22. The molecule has 36 heavy (non-hydrogen) atoms. The third-order valence-corrected chi connectivity index (χ3v) is 6.14. The second-order valence-electron chi connectivity index (χ2n) is 8.38. The van der Waals surface area contributed by atoms with Crippen LogP contribution in [0.15, 0.2) is 88.6 Å². The molecule has 1 amide bonds. The van der Waals surface area contributed by atoms with Crippen LogP contribution in [0.4, 0.5) is 10.1 Å². The lowest BCUT2D eigenvalue weighted by atomic mass is 10.1. The topological polar surface area (TPSA) is 90.9 Å². The van der Waals surface area contributed by atoms with E-state index in [9.17, 15) is 18.8 Å². The molecule has 0 saturated heterocycles. The fourth-order valence-electron chi connectivity index (χ4n) is 4.18. The van der Waals surface area contributed by atoms with Gasteiger partial charge in [0.15, 0.2) is 0 Å². The van der Waals surface area contributed by atoms with E-state index in [0.717, 1.165) is 0 Å². The number of halogens is 1. The number of nitrogens with zero attached hydrogens (tertiary/aromatic N) is 4. The van der Waals surface area contributed by atoms with Gasteiger partial charge in [0.1, 0.15) is 22.7 Å². The Morgan fingerprint density at radius 2 is 1.69 bits per heavy atom. The average Bonchev–Trinajstić information content (AvgIpc) is 3.10. The van der Waals surface area contributed by atoms with E-state index in [0.29, 0.717) is 28.0 Å². The number of rotatable bonds is 5. The van der Waals surface area contributed by atoms with Crippen LogP contribution in [0, 0.1) is 12.7 Å². The number of carbonyl (C=O) groups is 1. The molecule has 0 spiro atoms. The van der Waals surface area contributed by atoms with Crippen LogP contribution < -0.4 is 16.4 Å². The van der Waals surface area contributed by atoms with Crippen LogP contribution in [-0.4, -0.2) is 24.8 Å². The number of anilines is 1. The molecule has 0 aliphatic heterocycles. The Hall–Kier alpha value is -4.79. The number of benzene rings is 2. The summed E-state index contributed by atoms with van der Waals surface area (Å²) in [6, 6.07) is 19.7. The van der Waals surface area contributed by atoms with Crippen LogP contribution in [0.2, 0.25) is 0 Å². The second kappa shape index (κ2) is 9.10. The highest BCUT2D eigenvalue weighted by atomic mass is 19.1. The van der Waals surface area contributed by atoms with Crippen LogP contribution >= 0.6 is 0 Å². The first-order valence-corrected chi connectivity index (χ1v) is 11.2. The van der Waals surface area contributed by atoms with Gasteiger partial charge in [0.05, 0.1) is 17.9 Å². The number of pyridine rings is 2. The van der Waals surface area contributed by atoms with Crippen LogP contribution in [-0.2, 0) is 13.6 Å². The van der Waals surface area contributed by atoms with Gasteiger partial charge in [-0.3, -0.25) is 23.6 Å². The van der Waals surface area contributed by atoms with Gasteiger partial charge in [-0.2, -0.15) is 0 Å². The Morgan fingerprint density at radius 1 is 0.972 bits per heavy atom. The molecule has 1 N–H and O–H groups in total. The summed E-state index contributed by atoms with van der Waals surface area (Å²) in [5.74, 6) is -1.09. The number of hydrogen-bond acceptors (Lipinski definition) is 4. The van der Waals surface area contributed by atoms with E-state index in [4.69, 9.17) is 0 Å². The Bertz CT molecular complexity index is 1720. The maximum Gasteiger partial charge on any atom is 0.295 e. The van der Waals surface area contributed by atoms with E-state index in [1.807, 2.05) is 18.2 Å². The molecule has 0 aliphatic carbocycles. The molecule has 9 heteroatoms. The van der Waals surface area contributed by atoms with Crippen LogP contribution in [0.3, 0.4) is 0 Å². The van der Waals surface area contributed by atoms with E-state index in [1.54, 1.807) is 61.2 Å². The molecule has 0 radical (unpaired) electrons. The van der Waals surface area contributed by atoms with Crippen molar-refractivity contribution in [2.75, 3.05) is 5.32 Å². The smallest absolute Gasteiger partial charge is 0.295 e. The minimum atomic E-state index is -0.704. The molecular weight excluding hydrogens is 461 g/mol. The van der Waals surface area contributed by atoms with Gasteiger partial charge in [-0.25, -0.2) is 14.1 Å². The molecule has 3 aromatic heterocycles. The van der Waals surface area contributed by atoms with Crippen molar-refractivity contribution >= 4 is 22.6 Å². The number of fused-ring (bicyclic) bond motifs is 1. The minimum Gasteiger partial charge on any atom is -0.316 e. The monoisotopic (exact) mass is 483 g/mol. The zero-order valence-electron chi connectivity index (χ0n) is 19.6. The third-order valence-electron chi connectivity index (χ3n) is 6.14. The normalized spacial score (nSPS) is 11.1. The Balaban J connectivity index is 1.58. The van der Waals surface area contributed by atoms with Gasteiger partial charge in [-0.15, -0.1) is 0 Å². The number of hydrogen-bond donors (Lipinski definition) is 1. The molecule has 0 bridgehead atoms. The number of carbonyl (C=O) groups excluding carboxylic acids is 1. The lowest BCUT2D eigenvalue weighted by Gasteiger charge is -2.12. The molecular formula is C27H22FN5O3. The van der Waals surface area contributed by atoms with Crippen molar-refractivity contribution in [3.63, 3.8) is 0 Å². The van der Waals surface area contributed by atoms with E-state index >= 15 is 0 Å². The minimum absolute atomic E-state index is 0.0853. The number of nitrogens with one attached hydrogen (secondary N) is 1. The summed E-state index contributed by atoms with van der Waals surface area (Å²) in [7, 11) is 1.72. The van der Waals surface area contributed by atoms with E-state index in [-0.39, 0.29) is 23.6 Å². The average molecular weight is 484 g/mol. The highest BCUT2D eigenvalue weighted by molar-refractivity contribution is 6.05. The first kappa shape index (κ1) is 23.0. The van der Waals surface area contributed by atoms with Gasteiger partial charge in [0.2, 0.25) is 0 Å². The lowest BCUT2D eigenvalue weighted by molar-refractivity contribution is 0.102. The molecule has 0 aliphatic rings. The predicted octanol–water partition coefficient (Wildman–Crippen LogP) is 3.63. The van der Waals surface area contributed by atoms with Gasteiger partial charge in [0, 0.05) is 18.6 Å². The SMILES string of the molecule is Cc1c(NC(=O)c2cc3cccnc3n(Cc3ccc(F)cc3)c2=O)c(=O)n(-c2ccccc2)n1C. The summed E-state index contributed by atoms with van der Waals surface area (Å²) < 4.78 is 17.8. The molecule has 5 rings (SSSR count). The first-order chi connectivity index (χ1) is 17.3. The molecule has 0 saturated carbocycles. The zero-order chi connectivity index (χ0) is 25.4. The number of aromatic nitrogens is 4. The van der Waals surface area contributed by atoms with Crippen molar-refractivity contribution in [3.8, 4) is 5.69 Å². The van der Waals surface area contributed by atoms with E-state index < -0.39 is 17.0 Å². The van der Waals surface area contributed by atoms with Gasteiger partial charge < -0.3 is 5.32 Å². The molecule has 180 valence electrons. The summed E-state index contributed by atoms with van der Waals surface area (Å²) in [5.41, 5.74) is 1.22. The maximum absolute atomic E-state index is 13.4. The number of para-hydroxylation sites is 1. The van der Waals surface area contributed by atoms with Crippen molar-refractivity contribution in [2.24, 2.45) is 7.05 Å². The van der Waals surface area contributed by atoms with Crippen LogP contribution in [0.25, 0.3) is 16.7 Å². The summed E-state index contributed by atoms with van der Waals surface area (Å²) in [6.45, 7) is 1.81. The quantitative estimate of drug-likeness (QED) is 0.413. The standard InChI is InChI=1S/C27H22FN5O3/c1-17-23(27(36)33(31(17)2)21-8-4-3-5-9-21)30-25(34)22-15-19-7-6-14-29-24(19)32(26(22)35)16-18-10-12-20(28)13-11-18/h3-15H,16H2,1-2H3,(H,30,34). The fraction of sp³-hybridized carbons (Fsp3) is 0.111. The van der Waals surface area contributed by atoms with Crippen LogP contribution in [0.1, 0.15) is 21.6 Å². The van der Waals surface area contributed by atoms with Crippen molar-refractivity contribution in [2.45, 2.75) is 13.5 Å². The summed E-state index contributed by atoms with van der Waals surface area (Å²) in [6.07, 6.45) is 1.56. The Labute approximate surface area is 204 Å². The van der Waals surface area contributed by atoms with Gasteiger partial charge in [0.25, 0.3) is 17.0 Å². The van der Waals surface area contributed by atoms with E-state index in [2.05, 4.69) is 10.3 Å². The summed E-state index contributed by atoms with van der Waals surface area (Å²) in [5, 5.41) is 3.23. The highest BCUT2D eigenvalue weighted by Crippen LogP contribution is 2.17. The van der Waals surface area contributed by atoms with Crippen LogP contribution in [0.5, 0.6) is 0 Å². The zero-order valence-corrected chi connectivity index (χ0v) is 19.6. The number of amides is 1. The van der Waals surface area contributed by atoms with Crippen molar-refractivity contribution in [3.05, 3.63) is 122 Å². The molecule has 3 heterocycles. The Kier molecular flexibility index (Phi) is 5.81. The molecule has 5 aromatic rings. The van der Waals surface area contributed by atoms with Gasteiger partial charge in [-0.05, 0) is 55.0 Å². The summed E-state index contributed by atoms with van der Waals surface area (Å²) >= 11 is 0. The van der Waals surface area contributed by atoms with Gasteiger partial charge in [-0.1, -0.05) is 30.3 Å². The molecule has 0 unspecified atom stereocenters. The third kappa shape index (κ3) is 4.00. The second-order valence-corrected chi connectivity index (χ2v) is 8.38. The summed E-state index contributed by atoms with van der Waals surface area (Å²) in [4.78, 5) is 44.3. The van der Waals surface area contributed by atoms with Gasteiger partial charge >= 0.3 is 0 Å². The van der Waals surface area contributed by atoms with E-state index in [1.165, 1.54) is 27.4 Å². The molecule has 0 atom stereocenters. The Morgan fingerprint density at radius 3 is 2.42 bits per heavy atom. The lowest BCUT2D eigenvalue weighted by Crippen LogP contribution is -2.31. The molecule has 8 nitrogen and oxygen atoms in total. The maximum atomic E-state index is 13.4. The first-order valence-electron chi connectivity index (χ1n) is 11.2. The predicted molar refractivity (Wildman–Crippen MR) is 135 cm³/mol. The fourth-order valence-corrected chi connectivity index (χ4v) is 4.18. The molecule has 0 fully saturated rings. The largest absolute Gasteiger partial charge is 0.316 e.